The van der Waals surface area contributed by atoms with Gasteiger partial charge in [-0.3, -0.25) is 4.18 Å². The molecule has 0 rings (SSSR count). The SMILES string of the molecule is CCCCCCCCCCCCOS(=O)(=O)[O-].CCCCCCCCCCCO.[Na+]. The van der Waals surface area contributed by atoms with Crippen molar-refractivity contribution >= 4 is 10.4 Å². The zero-order valence-corrected chi connectivity index (χ0v) is 23.2. The van der Waals surface area contributed by atoms with Crippen LogP contribution in [0.5, 0.6) is 0 Å². The Labute approximate surface area is 210 Å². The van der Waals surface area contributed by atoms with Gasteiger partial charge in [0.1, 0.15) is 0 Å². The maximum atomic E-state index is 10.1. The summed E-state index contributed by atoms with van der Waals surface area (Å²) in [5, 5.41) is 8.54. The number of hydrogen-bond acceptors (Lipinski definition) is 5. The van der Waals surface area contributed by atoms with Crippen molar-refractivity contribution in [1.29, 1.82) is 0 Å². The fraction of sp³-hybridized carbons (Fsp3) is 1.00. The fourth-order valence-corrected chi connectivity index (χ4v) is 3.49. The number of rotatable bonds is 21. The number of unbranched alkanes of at least 4 members (excludes halogenated alkanes) is 17. The van der Waals surface area contributed by atoms with E-state index in [0.29, 0.717) is 13.0 Å². The molecule has 1 N–H and O–H groups in total. The van der Waals surface area contributed by atoms with E-state index in [9.17, 15) is 13.0 Å². The third-order valence-corrected chi connectivity index (χ3v) is 5.44. The van der Waals surface area contributed by atoms with Crippen LogP contribution in [0.1, 0.15) is 136 Å². The van der Waals surface area contributed by atoms with Gasteiger partial charge in [0.2, 0.25) is 10.4 Å². The van der Waals surface area contributed by atoms with E-state index in [1.165, 1.54) is 96.3 Å². The molecule has 0 radical (unpaired) electrons. The number of aliphatic hydroxyl groups is 1. The zero-order valence-electron chi connectivity index (χ0n) is 20.3. The maximum Gasteiger partial charge on any atom is 1.00 e. The molecule has 7 heteroatoms. The van der Waals surface area contributed by atoms with Gasteiger partial charge < -0.3 is 9.66 Å². The van der Waals surface area contributed by atoms with Crippen molar-refractivity contribution in [2.45, 2.75) is 136 Å². The van der Waals surface area contributed by atoms with Crippen LogP contribution < -0.4 is 29.6 Å². The Morgan fingerprint density at radius 3 is 1.20 bits per heavy atom. The first-order valence-electron chi connectivity index (χ1n) is 12.2. The summed E-state index contributed by atoms with van der Waals surface area (Å²) < 4.78 is 34.5. The Morgan fingerprint density at radius 1 is 0.600 bits per heavy atom. The summed E-state index contributed by atoms with van der Waals surface area (Å²) in [7, 11) is -4.48. The molecule has 0 bridgehead atoms. The Balaban J connectivity index is -0.000000497. The van der Waals surface area contributed by atoms with Crippen molar-refractivity contribution in [2.75, 3.05) is 13.2 Å². The first kappa shape index (κ1) is 35.4. The minimum atomic E-state index is -4.48. The molecule has 0 aliphatic rings. The molecular weight excluding hydrogens is 411 g/mol. The van der Waals surface area contributed by atoms with Gasteiger partial charge in [0, 0.05) is 6.61 Å². The van der Waals surface area contributed by atoms with E-state index in [2.05, 4.69) is 18.0 Å². The van der Waals surface area contributed by atoms with E-state index in [4.69, 9.17) is 5.11 Å². The molecule has 0 heterocycles. The van der Waals surface area contributed by atoms with Crippen molar-refractivity contribution in [1.82, 2.24) is 0 Å². The smallest absolute Gasteiger partial charge is 0.726 e. The molecule has 0 aliphatic heterocycles. The van der Waals surface area contributed by atoms with Crippen LogP contribution >= 0.6 is 0 Å². The Morgan fingerprint density at radius 2 is 0.900 bits per heavy atom. The van der Waals surface area contributed by atoms with Crippen molar-refractivity contribution in [3.63, 3.8) is 0 Å². The van der Waals surface area contributed by atoms with Gasteiger partial charge in [0.15, 0.2) is 0 Å². The normalized spacial score (nSPS) is 10.9. The van der Waals surface area contributed by atoms with Gasteiger partial charge in [-0.25, -0.2) is 8.42 Å². The van der Waals surface area contributed by atoms with Crippen molar-refractivity contribution < 1.29 is 51.8 Å². The second-order valence-corrected chi connectivity index (χ2v) is 9.02. The Kier molecular flexibility index (Phi) is 35.2. The number of hydrogen-bond donors (Lipinski definition) is 1. The van der Waals surface area contributed by atoms with Crippen molar-refractivity contribution in [3.05, 3.63) is 0 Å². The molecule has 0 saturated heterocycles. The quantitative estimate of drug-likeness (QED) is 0.121. The summed E-state index contributed by atoms with van der Waals surface area (Å²) in [6.45, 7) is 4.86. The van der Waals surface area contributed by atoms with Crippen molar-refractivity contribution in [3.8, 4) is 0 Å². The molecule has 0 amide bonds. The first-order valence-corrected chi connectivity index (χ1v) is 13.5. The van der Waals surface area contributed by atoms with Crippen LogP contribution in [0.15, 0.2) is 0 Å². The second kappa shape index (κ2) is 29.8. The molecule has 5 nitrogen and oxygen atoms in total. The summed E-state index contributed by atoms with van der Waals surface area (Å²) in [6, 6.07) is 0. The predicted molar refractivity (Wildman–Crippen MR) is 122 cm³/mol. The fourth-order valence-electron chi connectivity index (χ4n) is 3.17. The average molecular weight is 461 g/mol. The molecule has 0 aromatic rings. The van der Waals surface area contributed by atoms with Crippen LogP contribution in [-0.2, 0) is 14.6 Å². The van der Waals surface area contributed by atoms with E-state index in [1.54, 1.807) is 0 Å². The standard InChI is InChI=1S/C12H26O4S.C11H24O.Na/c1-2-3-4-5-6-7-8-9-10-11-12-16-17(13,14)15;1-2-3-4-5-6-7-8-9-10-11-12;/h2-12H2,1H3,(H,13,14,15);12H,2-11H2,1H3;/q;;+1/p-1. The number of aliphatic hydroxyl groups excluding tert-OH is 1. The van der Waals surface area contributed by atoms with Crippen LogP contribution in [0.2, 0.25) is 0 Å². The molecule has 178 valence electrons. The third kappa shape index (κ3) is 39.3. The van der Waals surface area contributed by atoms with E-state index < -0.39 is 10.4 Å². The molecule has 30 heavy (non-hydrogen) atoms. The summed E-state index contributed by atoms with van der Waals surface area (Å²) in [5.74, 6) is 0. The molecule has 0 aliphatic carbocycles. The Hall–Kier alpha value is 0.830. The predicted octanol–water partition coefficient (Wildman–Crippen LogP) is 3.90. The molecule has 0 atom stereocenters. The first-order chi connectivity index (χ1) is 14.0. The second-order valence-electron chi connectivity index (χ2n) is 7.96. The summed E-state index contributed by atoms with van der Waals surface area (Å²) in [5.41, 5.74) is 0. The van der Waals surface area contributed by atoms with Gasteiger partial charge in [-0.05, 0) is 12.8 Å². The van der Waals surface area contributed by atoms with Crippen molar-refractivity contribution in [2.24, 2.45) is 0 Å². The van der Waals surface area contributed by atoms with E-state index in [1.807, 2.05) is 0 Å². The largest absolute Gasteiger partial charge is 1.00 e. The minimum Gasteiger partial charge on any atom is -0.726 e. The Bertz CT molecular complexity index is 381. The summed E-state index contributed by atoms with van der Waals surface area (Å²) in [4.78, 5) is 0. The molecule has 0 aromatic carbocycles. The van der Waals surface area contributed by atoms with Gasteiger partial charge in [-0.1, -0.05) is 123 Å². The molecular formula is C23H49NaO5S. The maximum absolute atomic E-state index is 10.1. The van der Waals surface area contributed by atoms with E-state index in [0.717, 1.165) is 19.3 Å². The minimum absolute atomic E-state index is 0. The molecule has 0 aromatic heterocycles. The van der Waals surface area contributed by atoms with E-state index >= 15 is 0 Å². The van der Waals surface area contributed by atoms with Gasteiger partial charge in [-0.2, -0.15) is 0 Å². The molecule has 0 spiro atoms. The third-order valence-electron chi connectivity index (χ3n) is 4.99. The van der Waals surface area contributed by atoms with Crippen LogP contribution in [0.25, 0.3) is 0 Å². The average Bonchev–Trinajstić information content (AvgIpc) is 2.68. The molecule has 0 unspecified atom stereocenters. The van der Waals surface area contributed by atoms with Crippen LogP contribution in [0.4, 0.5) is 0 Å². The van der Waals surface area contributed by atoms with Gasteiger partial charge in [0.05, 0.1) is 6.61 Å². The molecule has 0 saturated carbocycles. The summed E-state index contributed by atoms with van der Waals surface area (Å²) >= 11 is 0. The topological polar surface area (TPSA) is 86.7 Å². The van der Waals surface area contributed by atoms with Gasteiger partial charge >= 0.3 is 29.6 Å². The van der Waals surface area contributed by atoms with E-state index in [-0.39, 0.29) is 36.2 Å². The molecule has 0 fully saturated rings. The van der Waals surface area contributed by atoms with Crippen LogP contribution in [-0.4, -0.2) is 31.3 Å². The van der Waals surface area contributed by atoms with Gasteiger partial charge in [0.25, 0.3) is 0 Å². The summed E-state index contributed by atoms with van der Waals surface area (Å²) in [6.07, 6.45) is 23.5. The van der Waals surface area contributed by atoms with Crippen LogP contribution in [0, 0.1) is 0 Å². The zero-order chi connectivity index (χ0) is 22.1. The van der Waals surface area contributed by atoms with Crippen LogP contribution in [0.3, 0.4) is 0 Å². The monoisotopic (exact) mass is 460 g/mol. The van der Waals surface area contributed by atoms with Gasteiger partial charge in [-0.15, -0.1) is 0 Å².